The first-order valence-corrected chi connectivity index (χ1v) is 11.3. The monoisotopic (exact) mass is 350 g/mol. The summed E-state index contributed by atoms with van der Waals surface area (Å²) in [6.45, 7) is 11.3. The first-order valence-electron chi connectivity index (χ1n) is 9.39. The van der Waals surface area contributed by atoms with E-state index in [-0.39, 0.29) is 11.1 Å². The van der Waals surface area contributed by atoms with E-state index in [1.165, 1.54) is 22.4 Å². The fourth-order valence-electron chi connectivity index (χ4n) is 4.15. The molecule has 2 aromatic carbocycles. The van der Waals surface area contributed by atoms with Crippen LogP contribution in [0.1, 0.15) is 46.5 Å². The van der Waals surface area contributed by atoms with Gasteiger partial charge in [0.1, 0.15) is 0 Å². The number of benzene rings is 2. The van der Waals surface area contributed by atoms with Crippen LogP contribution < -0.4 is 10.4 Å². The molecule has 0 saturated heterocycles. The summed E-state index contributed by atoms with van der Waals surface area (Å²) in [7, 11) is -2.41. The third kappa shape index (κ3) is 3.65. The molecule has 1 aliphatic carbocycles. The zero-order valence-electron chi connectivity index (χ0n) is 15.8. The highest BCUT2D eigenvalue weighted by atomic mass is 28.4. The highest BCUT2D eigenvalue weighted by molar-refractivity contribution is 6.99. The second kappa shape index (κ2) is 7.31. The molecule has 3 rings (SSSR count). The predicted molar refractivity (Wildman–Crippen MR) is 110 cm³/mol. The highest BCUT2D eigenvalue weighted by Gasteiger charge is 2.51. The Morgan fingerprint density at radius 2 is 1.44 bits per heavy atom. The van der Waals surface area contributed by atoms with E-state index in [4.69, 9.17) is 4.43 Å². The lowest BCUT2D eigenvalue weighted by atomic mass is 9.94. The van der Waals surface area contributed by atoms with Crippen molar-refractivity contribution in [3.05, 3.63) is 72.8 Å². The normalized spacial score (nSPS) is 19.0. The van der Waals surface area contributed by atoms with Gasteiger partial charge in [-0.15, -0.1) is 0 Å². The lowest BCUT2D eigenvalue weighted by molar-refractivity contribution is 0.162. The van der Waals surface area contributed by atoms with Crippen LogP contribution in [0.15, 0.2) is 72.8 Å². The molecule has 1 nitrogen and oxygen atoms in total. The van der Waals surface area contributed by atoms with E-state index in [2.05, 4.69) is 88.0 Å². The summed E-state index contributed by atoms with van der Waals surface area (Å²) in [6.07, 6.45) is 4.78. The maximum Gasteiger partial charge on any atom is 0.261 e. The molecule has 1 fully saturated rings. The Bertz CT molecular complexity index is 660. The highest BCUT2D eigenvalue weighted by Crippen LogP contribution is 2.39. The van der Waals surface area contributed by atoms with Crippen molar-refractivity contribution in [3.63, 3.8) is 0 Å². The summed E-state index contributed by atoms with van der Waals surface area (Å²) in [4.78, 5) is 0. The Balaban J connectivity index is 2.13. The number of rotatable bonds is 4. The van der Waals surface area contributed by atoms with Crippen LogP contribution in [0.25, 0.3) is 0 Å². The summed E-state index contributed by atoms with van der Waals surface area (Å²) in [5, 5.41) is 2.78. The van der Waals surface area contributed by atoms with Crippen molar-refractivity contribution < 1.29 is 4.43 Å². The van der Waals surface area contributed by atoms with Gasteiger partial charge in [0, 0.05) is 6.10 Å². The molecule has 25 heavy (non-hydrogen) atoms. The molecule has 0 aliphatic heterocycles. The SMILES string of the molecule is C=C1CCCC(O[Si](c2ccccc2)(c2ccccc2)C(C)(C)C)C1. The van der Waals surface area contributed by atoms with E-state index >= 15 is 0 Å². The van der Waals surface area contributed by atoms with Crippen molar-refractivity contribution in [1.29, 1.82) is 0 Å². The minimum Gasteiger partial charge on any atom is -0.404 e. The Morgan fingerprint density at radius 1 is 0.920 bits per heavy atom. The summed E-state index contributed by atoms with van der Waals surface area (Å²) in [6, 6.07) is 21.8. The summed E-state index contributed by atoms with van der Waals surface area (Å²) < 4.78 is 7.16. The first-order chi connectivity index (χ1) is 11.9. The Kier molecular flexibility index (Phi) is 5.31. The summed E-state index contributed by atoms with van der Waals surface area (Å²) in [5.41, 5.74) is 1.34. The average molecular weight is 351 g/mol. The lowest BCUT2D eigenvalue weighted by Crippen LogP contribution is -2.67. The fourth-order valence-corrected chi connectivity index (χ4v) is 8.86. The second-order valence-electron chi connectivity index (χ2n) is 8.25. The van der Waals surface area contributed by atoms with Gasteiger partial charge in [-0.05, 0) is 41.1 Å². The van der Waals surface area contributed by atoms with Crippen molar-refractivity contribution >= 4 is 18.7 Å². The molecule has 0 radical (unpaired) electrons. The minimum absolute atomic E-state index is 0.0501. The van der Waals surface area contributed by atoms with Crippen LogP contribution in [0.3, 0.4) is 0 Å². The molecule has 0 heterocycles. The Morgan fingerprint density at radius 3 is 1.88 bits per heavy atom. The third-order valence-corrected chi connectivity index (χ3v) is 10.4. The molecule has 1 atom stereocenters. The molecule has 2 aromatic rings. The molecule has 0 N–H and O–H groups in total. The smallest absolute Gasteiger partial charge is 0.261 e. The van der Waals surface area contributed by atoms with Crippen molar-refractivity contribution in [1.82, 2.24) is 0 Å². The molecule has 0 aromatic heterocycles. The molecule has 1 unspecified atom stereocenters. The van der Waals surface area contributed by atoms with Crippen molar-refractivity contribution in [2.24, 2.45) is 0 Å². The van der Waals surface area contributed by atoms with Gasteiger partial charge in [-0.3, -0.25) is 0 Å². The van der Waals surface area contributed by atoms with E-state index in [0.717, 1.165) is 19.3 Å². The van der Waals surface area contributed by atoms with Crippen molar-refractivity contribution in [3.8, 4) is 0 Å². The molecule has 1 saturated carbocycles. The number of hydrogen-bond acceptors (Lipinski definition) is 1. The van der Waals surface area contributed by atoms with Crippen LogP contribution in [0.5, 0.6) is 0 Å². The zero-order valence-corrected chi connectivity index (χ0v) is 16.8. The molecule has 0 bridgehead atoms. The van der Waals surface area contributed by atoms with Gasteiger partial charge in [0.2, 0.25) is 0 Å². The largest absolute Gasteiger partial charge is 0.404 e. The predicted octanol–water partition coefficient (Wildman–Crippen LogP) is 5.06. The van der Waals surface area contributed by atoms with E-state index < -0.39 is 8.32 Å². The fraction of sp³-hybridized carbons (Fsp3) is 0.391. The second-order valence-corrected chi connectivity index (χ2v) is 12.5. The first kappa shape index (κ1) is 18.2. The van der Waals surface area contributed by atoms with E-state index in [1.54, 1.807) is 0 Å². The van der Waals surface area contributed by atoms with Crippen LogP contribution in [0.2, 0.25) is 5.04 Å². The van der Waals surface area contributed by atoms with E-state index in [9.17, 15) is 0 Å². The maximum atomic E-state index is 7.16. The van der Waals surface area contributed by atoms with Crippen LogP contribution >= 0.6 is 0 Å². The minimum atomic E-state index is -2.41. The summed E-state index contributed by atoms with van der Waals surface area (Å²) in [5.74, 6) is 0. The van der Waals surface area contributed by atoms with Gasteiger partial charge in [0.05, 0.1) is 0 Å². The number of hydrogen-bond donors (Lipinski definition) is 0. The zero-order chi connectivity index (χ0) is 17.9. The van der Waals surface area contributed by atoms with Gasteiger partial charge in [-0.25, -0.2) is 0 Å². The average Bonchev–Trinajstić information content (AvgIpc) is 2.60. The molecule has 1 aliphatic rings. The summed E-state index contributed by atoms with van der Waals surface area (Å²) >= 11 is 0. The topological polar surface area (TPSA) is 9.23 Å². The van der Waals surface area contributed by atoms with Gasteiger partial charge in [0.25, 0.3) is 8.32 Å². The van der Waals surface area contributed by atoms with Gasteiger partial charge < -0.3 is 4.43 Å². The third-order valence-electron chi connectivity index (χ3n) is 5.33. The van der Waals surface area contributed by atoms with Crippen molar-refractivity contribution in [2.45, 2.75) is 57.6 Å². The van der Waals surface area contributed by atoms with Crippen LogP contribution in [-0.2, 0) is 4.43 Å². The molecule has 132 valence electrons. The van der Waals surface area contributed by atoms with Crippen LogP contribution in [0.4, 0.5) is 0 Å². The van der Waals surface area contributed by atoms with Crippen molar-refractivity contribution in [2.75, 3.05) is 0 Å². The van der Waals surface area contributed by atoms with Crippen LogP contribution in [0, 0.1) is 0 Å². The standard InChI is InChI=1S/C23H30OSi/c1-19-12-11-13-20(18-19)24-25(23(2,3)4,21-14-7-5-8-15-21)22-16-9-6-10-17-22/h5-10,14-17,20H,1,11-13,18H2,2-4H3. The van der Waals surface area contributed by atoms with Gasteiger partial charge >= 0.3 is 0 Å². The molecular weight excluding hydrogens is 320 g/mol. The molecule has 0 amide bonds. The van der Waals surface area contributed by atoms with Gasteiger partial charge in [0.15, 0.2) is 0 Å². The van der Waals surface area contributed by atoms with E-state index in [0.29, 0.717) is 0 Å². The Hall–Kier alpha value is -1.64. The lowest BCUT2D eigenvalue weighted by Gasteiger charge is -2.46. The van der Waals surface area contributed by atoms with Gasteiger partial charge in [-0.2, -0.15) is 0 Å². The molecular formula is C23H30OSi. The molecule has 0 spiro atoms. The maximum absolute atomic E-state index is 7.16. The quantitative estimate of drug-likeness (QED) is 0.553. The van der Waals surface area contributed by atoms with E-state index in [1.807, 2.05) is 0 Å². The van der Waals surface area contributed by atoms with Crippen LogP contribution in [-0.4, -0.2) is 14.4 Å². The molecule has 2 heteroatoms. The van der Waals surface area contributed by atoms with Gasteiger partial charge in [-0.1, -0.05) is 93.6 Å². The Labute approximate surface area is 153 Å².